The van der Waals surface area contributed by atoms with Crippen molar-refractivity contribution in [3.63, 3.8) is 0 Å². The number of rotatable bonds is 9. The van der Waals surface area contributed by atoms with Crippen molar-refractivity contribution >= 4 is 17.2 Å². The van der Waals surface area contributed by atoms with Gasteiger partial charge in [-0.25, -0.2) is 9.37 Å². The van der Waals surface area contributed by atoms with Crippen LogP contribution in [-0.4, -0.2) is 60.1 Å². The zero-order valence-corrected chi connectivity index (χ0v) is 19.5. The summed E-state index contributed by atoms with van der Waals surface area (Å²) in [7, 11) is 0. The summed E-state index contributed by atoms with van der Waals surface area (Å²) < 4.78 is 24.7. The summed E-state index contributed by atoms with van der Waals surface area (Å²) in [6, 6.07) is 13.6. The Morgan fingerprint density at radius 1 is 1.18 bits per heavy atom. The third-order valence-corrected chi connectivity index (χ3v) is 6.44. The highest BCUT2D eigenvalue weighted by Crippen LogP contribution is 2.20. The number of halogens is 1. The van der Waals surface area contributed by atoms with E-state index >= 15 is 0 Å². The van der Waals surface area contributed by atoms with Crippen LogP contribution in [-0.2, 0) is 17.9 Å². The van der Waals surface area contributed by atoms with Crippen molar-refractivity contribution in [3.8, 4) is 5.75 Å². The minimum absolute atomic E-state index is 0.131. The Hall–Kier alpha value is -2.81. The number of aromatic nitrogens is 1. The molecule has 1 fully saturated rings. The van der Waals surface area contributed by atoms with Crippen LogP contribution in [0, 0.1) is 12.7 Å². The molecule has 4 rings (SSSR count). The number of morpholine rings is 1. The first-order valence-corrected chi connectivity index (χ1v) is 11.9. The van der Waals surface area contributed by atoms with E-state index in [2.05, 4.69) is 9.88 Å². The molecule has 8 heteroatoms. The molecule has 0 aliphatic carbocycles. The maximum atomic E-state index is 13.3. The van der Waals surface area contributed by atoms with Crippen LogP contribution >= 0.6 is 11.3 Å². The average molecular weight is 470 g/mol. The van der Waals surface area contributed by atoms with Gasteiger partial charge in [-0.2, -0.15) is 0 Å². The molecule has 1 aliphatic rings. The number of hydrogen-bond donors (Lipinski definition) is 0. The second kappa shape index (κ2) is 11.4. The molecule has 2 aromatic carbocycles. The van der Waals surface area contributed by atoms with Crippen molar-refractivity contribution in [2.24, 2.45) is 0 Å². The van der Waals surface area contributed by atoms with E-state index in [-0.39, 0.29) is 11.7 Å². The van der Waals surface area contributed by atoms with Crippen molar-refractivity contribution in [1.29, 1.82) is 0 Å². The minimum atomic E-state index is -0.357. The Balaban J connectivity index is 1.42. The lowest BCUT2D eigenvalue weighted by Crippen LogP contribution is -2.43. The van der Waals surface area contributed by atoms with Gasteiger partial charge in [-0.15, -0.1) is 11.3 Å². The van der Waals surface area contributed by atoms with Crippen LogP contribution < -0.4 is 4.74 Å². The molecular weight excluding hydrogens is 441 g/mol. The lowest BCUT2D eigenvalue weighted by Gasteiger charge is -2.30. The lowest BCUT2D eigenvalue weighted by molar-refractivity contribution is 0.0319. The number of carbonyl (C=O) groups is 1. The molecule has 33 heavy (non-hydrogen) atoms. The van der Waals surface area contributed by atoms with Gasteiger partial charge in [0.05, 0.1) is 25.5 Å². The Bertz CT molecular complexity index is 1050. The number of carbonyl (C=O) groups excluding carboxylic acids is 1. The van der Waals surface area contributed by atoms with E-state index in [4.69, 9.17) is 9.47 Å². The van der Waals surface area contributed by atoms with Crippen molar-refractivity contribution in [3.05, 3.63) is 81.6 Å². The van der Waals surface area contributed by atoms with Crippen LogP contribution in [0.1, 0.15) is 26.6 Å². The number of thiazole rings is 1. The fraction of sp³-hybridized carbons (Fsp3) is 0.360. The van der Waals surface area contributed by atoms with Gasteiger partial charge in [0.1, 0.15) is 23.2 Å². The molecule has 0 N–H and O–H groups in total. The third kappa shape index (κ3) is 6.60. The van der Waals surface area contributed by atoms with Gasteiger partial charge < -0.3 is 14.4 Å². The molecule has 1 saturated heterocycles. The zero-order valence-electron chi connectivity index (χ0n) is 18.7. The van der Waals surface area contributed by atoms with Crippen molar-refractivity contribution in [2.45, 2.75) is 20.1 Å². The molecule has 0 bridgehead atoms. The summed E-state index contributed by atoms with van der Waals surface area (Å²) in [4.78, 5) is 22.0. The SMILES string of the molecule is Cc1ccccc1OCc1nc(CN(CCN2CCOCC2)C(=O)c2ccc(F)cc2)cs1. The molecule has 0 unspecified atom stereocenters. The van der Waals surface area contributed by atoms with Gasteiger partial charge in [-0.3, -0.25) is 9.69 Å². The smallest absolute Gasteiger partial charge is 0.254 e. The highest BCUT2D eigenvalue weighted by molar-refractivity contribution is 7.09. The number of benzene rings is 2. The standard InChI is InChI=1S/C25H28FN3O3S/c1-19-4-2-3-5-23(19)32-17-24-27-22(18-33-24)16-29(11-10-28-12-14-31-15-13-28)25(30)20-6-8-21(26)9-7-20/h2-9,18H,10-17H2,1H3. The van der Waals surface area contributed by atoms with Crippen molar-refractivity contribution < 1.29 is 18.7 Å². The fourth-order valence-electron chi connectivity index (χ4n) is 3.66. The predicted octanol–water partition coefficient (Wildman–Crippen LogP) is 4.14. The largest absolute Gasteiger partial charge is 0.486 e. The lowest BCUT2D eigenvalue weighted by atomic mass is 10.2. The number of aryl methyl sites for hydroxylation is 1. The third-order valence-electron chi connectivity index (χ3n) is 5.57. The summed E-state index contributed by atoms with van der Waals surface area (Å²) in [5.74, 6) is 0.353. The Morgan fingerprint density at radius 2 is 1.94 bits per heavy atom. The average Bonchev–Trinajstić information content (AvgIpc) is 3.29. The molecule has 2 heterocycles. The molecule has 6 nitrogen and oxygen atoms in total. The first-order chi connectivity index (χ1) is 16.1. The van der Waals surface area contributed by atoms with E-state index in [0.717, 1.165) is 41.6 Å². The first kappa shape index (κ1) is 23.4. The second-order valence-electron chi connectivity index (χ2n) is 7.97. The van der Waals surface area contributed by atoms with Crippen LogP contribution in [0.2, 0.25) is 0 Å². The van der Waals surface area contributed by atoms with Crippen LogP contribution in [0.15, 0.2) is 53.9 Å². The Labute approximate surface area is 197 Å². The van der Waals surface area contributed by atoms with Crippen LogP contribution in [0.25, 0.3) is 0 Å². The molecule has 174 valence electrons. The molecule has 1 aliphatic heterocycles. The highest BCUT2D eigenvalue weighted by Gasteiger charge is 2.20. The van der Waals surface area contributed by atoms with E-state index in [1.807, 2.05) is 36.6 Å². The van der Waals surface area contributed by atoms with Crippen LogP contribution in [0.3, 0.4) is 0 Å². The summed E-state index contributed by atoms with van der Waals surface area (Å²) in [6.45, 7) is 7.23. The molecule has 1 aromatic heterocycles. The monoisotopic (exact) mass is 469 g/mol. The maximum Gasteiger partial charge on any atom is 0.254 e. The van der Waals surface area contributed by atoms with Crippen LogP contribution in [0.4, 0.5) is 4.39 Å². The quantitative estimate of drug-likeness (QED) is 0.471. The van der Waals surface area contributed by atoms with Gasteiger partial charge >= 0.3 is 0 Å². The zero-order chi connectivity index (χ0) is 23.0. The van der Waals surface area contributed by atoms with E-state index in [9.17, 15) is 9.18 Å². The summed E-state index contributed by atoms with van der Waals surface area (Å²) >= 11 is 1.52. The van der Waals surface area contributed by atoms with Gasteiger partial charge in [-0.1, -0.05) is 18.2 Å². The Morgan fingerprint density at radius 3 is 2.70 bits per heavy atom. The van der Waals surface area contributed by atoms with Gasteiger partial charge in [0.2, 0.25) is 0 Å². The summed E-state index contributed by atoms with van der Waals surface area (Å²) in [5, 5.41) is 2.83. The highest BCUT2D eigenvalue weighted by atomic mass is 32.1. The fourth-order valence-corrected chi connectivity index (χ4v) is 4.35. The van der Waals surface area contributed by atoms with Gasteiger partial charge in [0.15, 0.2) is 0 Å². The molecule has 0 radical (unpaired) electrons. The normalized spacial score (nSPS) is 14.2. The van der Waals surface area contributed by atoms with E-state index in [1.165, 1.54) is 35.6 Å². The van der Waals surface area contributed by atoms with Crippen LogP contribution in [0.5, 0.6) is 5.75 Å². The number of ether oxygens (including phenoxy) is 2. The van der Waals surface area contributed by atoms with Crippen molar-refractivity contribution in [1.82, 2.24) is 14.8 Å². The topological polar surface area (TPSA) is 54.9 Å². The molecule has 3 aromatic rings. The minimum Gasteiger partial charge on any atom is -0.486 e. The first-order valence-electron chi connectivity index (χ1n) is 11.0. The number of para-hydroxylation sites is 1. The van der Waals surface area contributed by atoms with Gasteiger partial charge in [-0.05, 0) is 42.8 Å². The number of hydrogen-bond acceptors (Lipinski definition) is 6. The predicted molar refractivity (Wildman–Crippen MR) is 126 cm³/mol. The molecular formula is C25H28FN3O3S. The van der Waals surface area contributed by atoms with E-state index in [0.29, 0.717) is 38.5 Å². The molecule has 0 atom stereocenters. The summed E-state index contributed by atoms with van der Waals surface area (Å²) in [5.41, 5.74) is 2.37. The van der Waals surface area contributed by atoms with E-state index in [1.54, 1.807) is 4.90 Å². The number of nitrogens with zero attached hydrogens (tertiary/aromatic N) is 3. The Kier molecular flexibility index (Phi) is 8.04. The van der Waals surface area contributed by atoms with E-state index < -0.39 is 0 Å². The van der Waals surface area contributed by atoms with Crippen molar-refractivity contribution in [2.75, 3.05) is 39.4 Å². The molecule has 0 saturated carbocycles. The molecule has 1 amide bonds. The van der Waals surface area contributed by atoms with Gasteiger partial charge in [0, 0.05) is 37.1 Å². The summed E-state index contributed by atoms with van der Waals surface area (Å²) in [6.07, 6.45) is 0. The second-order valence-corrected chi connectivity index (χ2v) is 8.92. The number of amides is 1. The van der Waals surface area contributed by atoms with Gasteiger partial charge in [0.25, 0.3) is 5.91 Å². The maximum absolute atomic E-state index is 13.3. The molecule has 0 spiro atoms.